The summed E-state index contributed by atoms with van der Waals surface area (Å²) in [6, 6.07) is 2.43. The lowest BCUT2D eigenvalue weighted by atomic mass is 9.84. The molecule has 1 saturated heterocycles. The summed E-state index contributed by atoms with van der Waals surface area (Å²) in [5.74, 6) is 0. The minimum Gasteiger partial charge on any atom is -0.379 e. The summed E-state index contributed by atoms with van der Waals surface area (Å²) in [4.78, 5) is 2.58. The Bertz CT molecular complexity index is 428. The summed E-state index contributed by atoms with van der Waals surface area (Å²) in [5, 5.41) is 8.13. The standard InChI is InChI=1S/C16H30N4O/c1-5-8-17-15(14-7-9-18-19(14)4)16(3,6-2)20-10-12-21-13-11-20/h7,9,15,17H,5-6,8,10-13H2,1-4H3. The number of nitrogens with one attached hydrogen (secondary N) is 1. The van der Waals surface area contributed by atoms with E-state index in [2.05, 4.69) is 42.2 Å². The molecule has 1 aliphatic rings. The van der Waals surface area contributed by atoms with Crippen LogP contribution in [0.15, 0.2) is 12.3 Å². The summed E-state index contributed by atoms with van der Waals surface area (Å²) in [5.41, 5.74) is 1.34. The Hall–Kier alpha value is -0.910. The molecule has 2 rings (SSSR count). The molecule has 0 radical (unpaired) electrons. The maximum Gasteiger partial charge on any atom is 0.0676 e. The van der Waals surface area contributed by atoms with Gasteiger partial charge in [0.15, 0.2) is 0 Å². The van der Waals surface area contributed by atoms with E-state index in [1.165, 1.54) is 5.69 Å². The summed E-state index contributed by atoms with van der Waals surface area (Å²) in [6.45, 7) is 11.6. The first-order valence-electron chi connectivity index (χ1n) is 8.17. The van der Waals surface area contributed by atoms with E-state index in [4.69, 9.17) is 4.74 Å². The van der Waals surface area contributed by atoms with Crippen LogP contribution in [0.25, 0.3) is 0 Å². The highest BCUT2D eigenvalue weighted by Crippen LogP contribution is 2.34. The van der Waals surface area contributed by atoms with Crippen LogP contribution < -0.4 is 5.32 Å². The number of nitrogens with zero attached hydrogens (tertiary/aromatic N) is 3. The van der Waals surface area contributed by atoms with E-state index >= 15 is 0 Å². The minimum absolute atomic E-state index is 0.0761. The molecule has 2 atom stereocenters. The van der Waals surface area contributed by atoms with Gasteiger partial charge in [-0.1, -0.05) is 13.8 Å². The van der Waals surface area contributed by atoms with E-state index in [0.29, 0.717) is 0 Å². The number of morpholine rings is 1. The van der Waals surface area contributed by atoms with Gasteiger partial charge >= 0.3 is 0 Å². The average molecular weight is 294 g/mol. The van der Waals surface area contributed by atoms with E-state index in [9.17, 15) is 0 Å². The third-order valence-corrected chi connectivity index (χ3v) is 4.82. The maximum atomic E-state index is 5.54. The van der Waals surface area contributed by atoms with Crippen molar-refractivity contribution < 1.29 is 4.74 Å². The van der Waals surface area contributed by atoms with Gasteiger partial charge < -0.3 is 10.1 Å². The van der Waals surface area contributed by atoms with Gasteiger partial charge in [0.25, 0.3) is 0 Å². The van der Waals surface area contributed by atoms with Crippen molar-refractivity contribution in [1.29, 1.82) is 0 Å². The third-order valence-electron chi connectivity index (χ3n) is 4.82. The maximum absolute atomic E-state index is 5.54. The molecule has 1 aromatic rings. The third kappa shape index (κ3) is 3.47. The Kier molecular flexibility index (Phi) is 5.79. The van der Waals surface area contributed by atoms with Gasteiger partial charge in [-0.2, -0.15) is 5.10 Å². The quantitative estimate of drug-likeness (QED) is 0.835. The molecule has 120 valence electrons. The molecule has 5 nitrogen and oxygen atoms in total. The molecule has 1 aromatic heterocycles. The molecule has 0 saturated carbocycles. The number of aromatic nitrogens is 2. The van der Waals surface area contributed by atoms with Gasteiger partial charge in [0.1, 0.15) is 0 Å². The van der Waals surface area contributed by atoms with Crippen LogP contribution in [0.5, 0.6) is 0 Å². The zero-order valence-electron chi connectivity index (χ0n) is 13.9. The van der Waals surface area contributed by atoms with Crippen LogP contribution in [-0.2, 0) is 11.8 Å². The van der Waals surface area contributed by atoms with Crippen molar-refractivity contribution in [2.24, 2.45) is 7.05 Å². The van der Waals surface area contributed by atoms with E-state index < -0.39 is 0 Å². The highest BCUT2D eigenvalue weighted by atomic mass is 16.5. The van der Waals surface area contributed by atoms with E-state index in [0.717, 1.165) is 45.7 Å². The smallest absolute Gasteiger partial charge is 0.0676 e. The van der Waals surface area contributed by atoms with E-state index in [-0.39, 0.29) is 11.6 Å². The number of hydrogen-bond acceptors (Lipinski definition) is 4. The minimum atomic E-state index is 0.0761. The number of rotatable bonds is 7. The zero-order valence-corrected chi connectivity index (χ0v) is 13.9. The van der Waals surface area contributed by atoms with Crippen molar-refractivity contribution in [3.05, 3.63) is 18.0 Å². The Balaban J connectivity index is 2.29. The number of hydrogen-bond donors (Lipinski definition) is 1. The first-order valence-corrected chi connectivity index (χ1v) is 8.17. The van der Waals surface area contributed by atoms with Gasteiger partial charge in [-0.05, 0) is 32.4 Å². The lowest BCUT2D eigenvalue weighted by Crippen LogP contribution is -2.58. The molecule has 1 fully saturated rings. The number of ether oxygens (including phenoxy) is 1. The fraction of sp³-hybridized carbons (Fsp3) is 0.812. The SMILES string of the molecule is CCCNC(c1ccnn1C)C(C)(CC)N1CCOCC1. The summed E-state index contributed by atoms with van der Waals surface area (Å²) in [7, 11) is 2.03. The van der Waals surface area contributed by atoms with E-state index in [1.54, 1.807) is 0 Å². The van der Waals surface area contributed by atoms with Crippen LogP contribution in [0.4, 0.5) is 0 Å². The molecule has 2 unspecified atom stereocenters. The van der Waals surface area contributed by atoms with Gasteiger partial charge in [-0.15, -0.1) is 0 Å². The topological polar surface area (TPSA) is 42.3 Å². The predicted octanol–water partition coefficient (Wildman–Crippen LogP) is 1.96. The van der Waals surface area contributed by atoms with Gasteiger partial charge in [0.05, 0.1) is 24.9 Å². The Labute approximate surface area is 128 Å². The van der Waals surface area contributed by atoms with Crippen LogP contribution in [0.1, 0.15) is 45.3 Å². The normalized spacial score (nSPS) is 21.1. The second-order valence-electron chi connectivity index (χ2n) is 6.08. The molecule has 1 N–H and O–H groups in total. The highest BCUT2D eigenvalue weighted by molar-refractivity contribution is 5.15. The predicted molar refractivity (Wildman–Crippen MR) is 85.3 cm³/mol. The van der Waals surface area contributed by atoms with Crippen LogP contribution in [0.3, 0.4) is 0 Å². The fourth-order valence-electron chi connectivity index (χ4n) is 3.28. The molecular weight excluding hydrogens is 264 g/mol. The van der Waals surface area contributed by atoms with Crippen molar-refractivity contribution in [3.8, 4) is 0 Å². The first-order chi connectivity index (χ1) is 10.1. The van der Waals surface area contributed by atoms with Crippen molar-refractivity contribution in [2.75, 3.05) is 32.8 Å². The van der Waals surface area contributed by atoms with Crippen LogP contribution in [0, 0.1) is 0 Å². The fourth-order valence-corrected chi connectivity index (χ4v) is 3.28. The summed E-state index contributed by atoms with van der Waals surface area (Å²) in [6.07, 6.45) is 4.13. The van der Waals surface area contributed by atoms with Crippen molar-refractivity contribution in [2.45, 2.75) is 45.2 Å². The van der Waals surface area contributed by atoms with E-state index in [1.807, 2.05) is 17.9 Å². The molecule has 0 amide bonds. The van der Waals surface area contributed by atoms with Gasteiger partial charge in [-0.3, -0.25) is 9.58 Å². The first kappa shape index (κ1) is 16.5. The largest absolute Gasteiger partial charge is 0.379 e. The lowest BCUT2D eigenvalue weighted by Gasteiger charge is -2.48. The molecule has 0 aliphatic carbocycles. The van der Waals surface area contributed by atoms with Crippen LogP contribution in [-0.4, -0.2) is 53.1 Å². The molecule has 0 aromatic carbocycles. The van der Waals surface area contributed by atoms with Crippen LogP contribution >= 0.6 is 0 Å². The molecule has 2 heterocycles. The molecule has 5 heteroatoms. The molecule has 0 bridgehead atoms. The molecule has 0 spiro atoms. The molecule has 21 heavy (non-hydrogen) atoms. The van der Waals surface area contributed by atoms with Crippen molar-refractivity contribution in [3.63, 3.8) is 0 Å². The second-order valence-corrected chi connectivity index (χ2v) is 6.08. The van der Waals surface area contributed by atoms with Crippen molar-refractivity contribution in [1.82, 2.24) is 20.0 Å². The van der Waals surface area contributed by atoms with Gasteiger partial charge in [0, 0.05) is 31.9 Å². The summed E-state index contributed by atoms with van der Waals surface area (Å²) < 4.78 is 7.54. The summed E-state index contributed by atoms with van der Waals surface area (Å²) >= 11 is 0. The van der Waals surface area contributed by atoms with Crippen LogP contribution in [0.2, 0.25) is 0 Å². The van der Waals surface area contributed by atoms with Gasteiger partial charge in [-0.25, -0.2) is 0 Å². The number of aryl methyl sites for hydroxylation is 1. The zero-order chi connectivity index (χ0) is 15.3. The monoisotopic (exact) mass is 294 g/mol. The lowest BCUT2D eigenvalue weighted by molar-refractivity contribution is -0.0339. The Morgan fingerprint density at radius 3 is 2.62 bits per heavy atom. The Morgan fingerprint density at radius 1 is 1.38 bits per heavy atom. The van der Waals surface area contributed by atoms with Crippen molar-refractivity contribution >= 4 is 0 Å². The average Bonchev–Trinajstić information content (AvgIpc) is 2.94. The second kappa shape index (κ2) is 7.38. The highest BCUT2D eigenvalue weighted by Gasteiger charge is 2.40. The molecular formula is C16H30N4O. The van der Waals surface area contributed by atoms with Gasteiger partial charge in [0.2, 0.25) is 0 Å². The molecule has 1 aliphatic heterocycles. The Morgan fingerprint density at radius 2 is 2.10 bits per heavy atom.